The lowest BCUT2D eigenvalue weighted by Gasteiger charge is -2.02. The number of ether oxygens (including phenoxy) is 1. The van der Waals surface area contributed by atoms with E-state index in [-0.39, 0.29) is 12.0 Å². The summed E-state index contributed by atoms with van der Waals surface area (Å²) in [6, 6.07) is 5.08. The molecule has 27 heavy (non-hydrogen) atoms. The fourth-order valence-electron chi connectivity index (χ4n) is 1.78. The first-order valence-corrected chi connectivity index (χ1v) is 7.44. The normalized spacial score (nSPS) is 10.6. The molecule has 0 saturated carbocycles. The van der Waals surface area contributed by atoms with Gasteiger partial charge < -0.3 is 14.4 Å². The number of nitrogens with zero attached hydrogens (tertiary/aromatic N) is 3. The van der Waals surface area contributed by atoms with Crippen LogP contribution in [0.2, 0.25) is 0 Å². The Morgan fingerprint density at radius 1 is 1.26 bits per heavy atom. The molecule has 0 aliphatic rings. The first-order chi connectivity index (χ1) is 12.5. The van der Waals surface area contributed by atoms with Crippen molar-refractivity contribution in [2.45, 2.75) is 19.1 Å². The average Bonchev–Trinajstić information content (AvgIpc) is 2.61. The molecule has 11 heteroatoms. The molecule has 0 bridgehead atoms. The van der Waals surface area contributed by atoms with Crippen LogP contribution in [-0.4, -0.2) is 40.0 Å². The monoisotopic (exact) mass is 388 g/mol. The van der Waals surface area contributed by atoms with E-state index in [1.54, 1.807) is 36.4 Å². The molecule has 0 unspecified atom stereocenters. The van der Waals surface area contributed by atoms with E-state index in [9.17, 15) is 27.6 Å². The highest BCUT2D eigenvalue weighted by Crippen LogP contribution is 2.15. The molecule has 0 aromatic carbocycles. The summed E-state index contributed by atoms with van der Waals surface area (Å²) in [5.74, 6) is -3.02. The molecule has 0 saturated heterocycles. The fraction of sp³-hybridized carbons (Fsp3) is 0.312. The Morgan fingerprint density at radius 3 is 2.33 bits per heavy atom. The number of carboxylic acid groups (broad SMARTS) is 1. The van der Waals surface area contributed by atoms with Crippen LogP contribution in [0.3, 0.4) is 0 Å². The van der Waals surface area contributed by atoms with Gasteiger partial charge in [-0.3, -0.25) is 9.59 Å². The van der Waals surface area contributed by atoms with Crippen LogP contribution in [0.1, 0.15) is 6.42 Å². The van der Waals surface area contributed by atoms with Gasteiger partial charge in [-0.15, -0.1) is 0 Å². The summed E-state index contributed by atoms with van der Waals surface area (Å²) in [6.45, 7) is 0.336. The maximum Gasteiger partial charge on any atom is 0.490 e. The van der Waals surface area contributed by atoms with Crippen molar-refractivity contribution in [2.24, 2.45) is 7.05 Å². The zero-order valence-electron chi connectivity index (χ0n) is 14.4. The predicted molar refractivity (Wildman–Crippen MR) is 85.4 cm³/mol. The van der Waals surface area contributed by atoms with Crippen LogP contribution < -0.4 is 10.2 Å². The maximum absolute atomic E-state index is 11.3. The van der Waals surface area contributed by atoms with Gasteiger partial charge in [0.25, 0.3) is 0 Å². The number of aliphatic carboxylic acids is 1. The number of halogens is 3. The molecule has 0 amide bonds. The second-order valence-electron chi connectivity index (χ2n) is 5.18. The number of alkyl halides is 3. The Morgan fingerprint density at radius 2 is 1.93 bits per heavy atom. The van der Waals surface area contributed by atoms with Crippen LogP contribution in [-0.2, 0) is 27.9 Å². The van der Waals surface area contributed by atoms with Crippen LogP contribution in [0.4, 0.5) is 13.2 Å². The quantitative estimate of drug-likeness (QED) is 0.618. The number of carboxylic acids is 1. The van der Waals surface area contributed by atoms with Gasteiger partial charge in [-0.25, -0.2) is 4.79 Å². The number of carbonyl (C=O) groups is 2. The zero-order valence-corrected chi connectivity index (χ0v) is 14.4. The van der Waals surface area contributed by atoms with E-state index in [0.717, 1.165) is 11.1 Å². The van der Waals surface area contributed by atoms with Crippen LogP contribution in [0, 0.1) is 0 Å². The third kappa shape index (κ3) is 7.26. The molecule has 0 aliphatic heterocycles. The minimum Gasteiger partial charge on any atom is -0.481 e. The Bertz CT molecular complexity index is 848. The first-order valence-electron chi connectivity index (χ1n) is 7.44. The molecule has 2 aromatic rings. The molecule has 0 spiro atoms. The SMILES string of the molecule is COC(=O)C(F)(F)F.Cn1cc(-c2cc[n+](CCC(=O)O)nc2)ccc1=O. The van der Waals surface area contributed by atoms with Gasteiger partial charge in [-0.1, -0.05) is 4.68 Å². The summed E-state index contributed by atoms with van der Waals surface area (Å²) in [5, 5.41) is 12.7. The van der Waals surface area contributed by atoms with Gasteiger partial charge >= 0.3 is 18.1 Å². The van der Waals surface area contributed by atoms with Gasteiger partial charge in [0, 0.05) is 36.5 Å². The number of methoxy groups -OCH3 is 1. The lowest BCUT2D eigenvalue weighted by atomic mass is 10.1. The van der Waals surface area contributed by atoms with Crippen molar-refractivity contribution in [2.75, 3.05) is 7.11 Å². The molecule has 0 aliphatic carbocycles. The van der Waals surface area contributed by atoms with E-state index in [1.807, 2.05) is 6.07 Å². The number of pyridine rings is 1. The molecule has 2 heterocycles. The van der Waals surface area contributed by atoms with Crippen LogP contribution in [0.15, 0.2) is 41.6 Å². The average molecular weight is 388 g/mol. The number of esters is 1. The molecule has 0 fully saturated rings. The highest BCUT2D eigenvalue weighted by Gasteiger charge is 2.40. The molecular weight excluding hydrogens is 371 g/mol. The summed E-state index contributed by atoms with van der Waals surface area (Å²) in [4.78, 5) is 31.2. The van der Waals surface area contributed by atoms with E-state index in [0.29, 0.717) is 13.7 Å². The highest BCUT2D eigenvalue weighted by atomic mass is 19.4. The van der Waals surface area contributed by atoms with Crippen LogP contribution in [0.5, 0.6) is 0 Å². The van der Waals surface area contributed by atoms with Gasteiger partial charge in [-0.2, -0.15) is 13.2 Å². The molecule has 8 nitrogen and oxygen atoms in total. The second kappa shape index (κ2) is 9.46. The Kier molecular flexibility index (Phi) is 7.64. The van der Waals surface area contributed by atoms with E-state index >= 15 is 0 Å². The summed E-state index contributed by atoms with van der Waals surface area (Å²) in [5.41, 5.74) is 1.70. The predicted octanol–water partition coefficient (Wildman–Crippen LogP) is 0.931. The maximum atomic E-state index is 11.3. The summed E-state index contributed by atoms with van der Waals surface area (Å²) >= 11 is 0. The topological polar surface area (TPSA) is 102 Å². The third-order valence-corrected chi connectivity index (χ3v) is 3.16. The van der Waals surface area contributed by atoms with Crippen molar-refractivity contribution in [1.29, 1.82) is 0 Å². The lowest BCUT2D eigenvalue weighted by Crippen LogP contribution is -2.38. The van der Waals surface area contributed by atoms with Crippen molar-refractivity contribution >= 4 is 11.9 Å². The minimum absolute atomic E-state index is 0.0385. The van der Waals surface area contributed by atoms with Crippen molar-refractivity contribution in [1.82, 2.24) is 9.67 Å². The number of carbonyl (C=O) groups excluding carboxylic acids is 1. The number of hydrogen-bond acceptors (Lipinski definition) is 5. The van der Waals surface area contributed by atoms with Crippen molar-refractivity contribution in [3.63, 3.8) is 0 Å². The zero-order chi connectivity index (χ0) is 20.6. The standard InChI is InChI=1S/C13H13N3O3.C3H3F3O2/c1-15-9-11(2-3-12(15)17)10-4-6-16(14-8-10)7-5-13(18)19;1-8-2(7)3(4,5)6/h2-4,6,8-9H,5,7H2,1H3;1H3/p+1. The minimum atomic E-state index is -4.85. The summed E-state index contributed by atoms with van der Waals surface area (Å²) < 4.78 is 39.3. The van der Waals surface area contributed by atoms with E-state index in [4.69, 9.17) is 5.11 Å². The van der Waals surface area contributed by atoms with Crippen LogP contribution in [0.25, 0.3) is 11.1 Å². The Hall–Kier alpha value is -3.24. The molecule has 2 rings (SSSR count). The van der Waals surface area contributed by atoms with Crippen molar-refractivity contribution in [3.05, 3.63) is 47.1 Å². The summed E-state index contributed by atoms with van der Waals surface area (Å²) in [7, 11) is 2.37. The van der Waals surface area contributed by atoms with Crippen LogP contribution >= 0.6 is 0 Å². The first kappa shape index (κ1) is 21.8. The smallest absolute Gasteiger partial charge is 0.481 e. The van der Waals surface area contributed by atoms with Gasteiger partial charge in [0.1, 0.15) is 12.6 Å². The number of rotatable bonds is 4. The number of hydrogen-bond donors (Lipinski definition) is 1. The number of aryl methyl sites for hydroxylation is 2. The molecule has 1 N–H and O–H groups in total. The van der Waals surface area contributed by atoms with Gasteiger partial charge in [0.2, 0.25) is 5.56 Å². The third-order valence-electron chi connectivity index (χ3n) is 3.16. The summed E-state index contributed by atoms with van der Waals surface area (Å²) in [6.07, 6.45) is 0.303. The van der Waals surface area contributed by atoms with E-state index < -0.39 is 18.1 Å². The Labute approximate surface area is 151 Å². The molecule has 2 aromatic heterocycles. The van der Waals surface area contributed by atoms with Crippen molar-refractivity contribution < 1.29 is 37.3 Å². The van der Waals surface area contributed by atoms with Gasteiger partial charge in [0.15, 0.2) is 12.7 Å². The van der Waals surface area contributed by atoms with E-state index in [1.165, 1.54) is 10.6 Å². The molecule has 0 radical (unpaired) electrons. The van der Waals surface area contributed by atoms with E-state index in [2.05, 4.69) is 9.84 Å². The lowest BCUT2D eigenvalue weighted by molar-refractivity contribution is -0.752. The largest absolute Gasteiger partial charge is 0.490 e. The second-order valence-corrected chi connectivity index (χ2v) is 5.18. The molecule has 146 valence electrons. The van der Waals surface area contributed by atoms with Gasteiger partial charge in [0.05, 0.1) is 7.11 Å². The Balaban J connectivity index is 0.000000387. The fourth-order valence-corrected chi connectivity index (χ4v) is 1.78. The van der Waals surface area contributed by atoms with Crippen molar-refractivity contribution in [3.8, 4) is 11.1 Å². The highest BCUT2D eigenvalue weighted by molar-refractivity contribution is 5.75. The molecular formula is C16H17F3N3O5+. The van der Waals surface area contributed by atoms with Gasteiger partial charge in [-0.05, 0) is 11.2 Å². The molecule has 0 atom stereocenters. The number of aromatic nitrogens is 3.